The van der Waals surface area contributed by atoms with Crippen LogP contribution in [0.1, 0.15) is 38.5 Å². The zero-order valence-electron chi connectivity index (χ0n) is 9.61. The number of nitrogens with two attached hydrogens (primary N) is 1. The highest BCUT2D eigenvalue weighted by Gasteiger charge is 2.10. The summed E-state index contributed by atoms with van der Waals surface area (Å²) in [5.41, 5.74) is 5.69. The zero-order valence-corrected chi connectivity index (χ0v) is 9.61. The van der Waals surface area contributed by atoms with Crippen molar-refractivity contribution in [2.75, 3.05) is 0 Å². The summed E-state index contributed by atoms with van der Waals surface area (Å²) in [7, 11) is 0. The van der Waals surface area contributed by atoms with Gasteiger partial charge >= 0.3 is 0 Å². The number of nitrogens with one attached hydrogen (secondary N) is 1. The minimum atomic E-state index is -0.162. The molecule has 1 aromatic heterocycles. The molecule has 5 nitrogen and oxygen atoms in total. The molecule has 5 heteroatoms. The molecule has 84 valence electrons. The topological polar surface area (TPSA) is 76.4 Å². The first-order valence-electron chi connectivity index (χ1n) is 5.01. The number of guanidine groups is 1. The highest BCUT2D eigenvalue weighted by molar-refractivity contribution is 5.78. The smallest absolute Gasteiger partial charge is 0.219 e. The van der Waals surface area contributed by atoms with Gasteiger partial charge in [0.1, 0.15) is 11.8 Å². The Hall–Kier alpha value is -1.52. The van der Waals surface area contributed by atoms with Crippen LogP contribution in [-0.2, 0) is 0 Å². The largest absolute Gasteiger partial charge is 0.444 e. The molecular formula is C10H18N4O. The van der Waals surface area contributed by atoms with Gasteiger partial charge in [-0.2, -0.15) is 0 Å². The van der Waals surface area contributed by atoms with Crippen molar-refractivity contribution in [1.29, 1.82) is 0 Å². The van der Waals surface area contributed by atoms with E-state index < -0.39 is 0 Å². The Morgan fingerprint density at radius 2 is 2.20 bits per heavy atom. The van der Waals surface area contributed by atoms with Crippen molar-refractivity contribution < 1.29 is 4.42 Å². The van der Waals surface area contributed by atoms with Gasteiger partial charge < -0.3 is 15.5 Å². The van der Waals surface area contributed by atoms with E-state index in [-0.39, 0.29) is 12.1 Å². The molecule has 0 aliphatic rings. The van der Waals surface area contributed by atoms with E-state index >= 15 is 0 Å². The fourth-order valence-electron chi connectivity index (χ4n) is 1.16. The van der Waals surface area contributed by atoms with Gasteiger partial charge in [-0.25, -0.2) is 9.98 Å². The van der Waals surface area contributed by atoms with E-state index in [1.807, 2.05) is 27.7 Å². The number of aliphatic imine (C=N–C) groups is 1. The highest BCUT2D eigenvalue weighted by atomic mass is 16.4. The molecule has 1 aromatic rings. The Balaban J connectivity index is 2.65. The molecule has 15 heavy (non-hydrogen) atoms. The Morgan fingerprint density at radius 1 is 1.53 bits per heavy atom. The first-order valence-corrected chi connectivity index (χ1v) is 5.01. The number of hydrogen-bond acceptors (Lipinski definition) is 3. The second-order valence-electron chi connectivity index (χ2n) is 3.80. The molecule has 0 aliphatic carbocycles. The van der Waals surface area contributed by atoms with Gasteiger partial charge in [-0.05, 0) is 27.7 Å². The molecule has 0 aromatic carbocycles. The van der Waals surface area contributed by atoms with Crippen molar-refractivity contribution in [3.8, 4) is 0 Å². The van der Waals surface area contributed by atoms with Crippen molar-refractivity contribution in [2.24, 2.45) is 10.7 Å². The van der Waals surface area contributed by atoms with Crippen LogP contribution in [0.5, 0.6) is 0 Å². The monoisotopic (exact) mass is 210 g/mol. The van der Waals surface area contributed by atoms with Crippen molar-refractivity contribution >= 4 is 5.96 Å². The van der Waals surface area contributed by atoms with E-state index in [0.717, 1.165) is 5.76 Å². The number of oxazole rings is 1. The predicted molar refractivity (Wildman–Crippen MR) is 59.5 cm³/mol. The van der Waals surface area contributed by atoms with E-state index in [4.69, 9.17) is 10.2 Å². The summed E-state index contributed by atoms with van der Waals surface area (Å²) in [6, 6.07) is 0.109. The fraction of sp³-hybridized carbons (Fsp3) is 0.600. The van der Waals surface area contributed by atoms with Gasteiger partial charge in [0.25, 0.3) is 0 Å². The third kappa shape index (κ3) is 3.61. The maximum atomic E-state index is 5.69. The van der Waals surface area contributed by atoms with Gasteiger partial charge in [-0.3, -0.25) is 0 Å². The molecule has 0 saturated heterocycles. The third-order valence-corrected chi connectivity index (χ3v) is 1.77. The standard InChI is InChI=1S/C10H18N4O/c1-6(2)13-10(11)14-8(4)9-12-5-7(3)15-9/h5-6,8H,1-4H3,(H3,11,13,14). The van der Waals surface area contributed by atoms with Crippen LogP contribution >= 0.6 is 0 Å². The van der Waals surface area contributed by atoms with Gasteiger partial charge in [-0.15, -0.1) is 0 Å². The normalized spacial score (nSPS) is 14.3. The Labute approximate surface area is 89.8 Å². The van der Waals surface area contributed by atoms with Crippen molar-refractivity contribution in [1.82, 2.24) is 10.3 Å². The number of hydrogen-bond donors (Lipinski definition) is 2. The summed E-state index contributed by atoms with van der Waals surface area (Å²) < 4.78 is 5.35. The molecule has 1 atom stereocenters. The molecule has 0 saturated carbocycles. The van der Waals surface area contributed by atoms with Gasteiger partial charge in [0.15, 0.2) is 5.96 Å². The Morgan fingerprint density at radius 3 is 2.67 bits per heavy atom. The molecule has 0 fully saturated rings. The quantitative estimate of drug-likeness (QED) is 0.583. The molecule has 0 bridgehead atoms. The average molecular weight is 210 g/mol. The summed E-state index contributed by atoms with van der Waals surface area (Å²) in [5, 5.41) is 3.01. The minimum absolute atomic E-state index is 0.162. The lowest BCUT2D eigenvalue weighted by Gasteiger charge is -2.10. The molecule has 1 heterocycles. The molecule has 0 aliphatic heterocycles. The van der Waals surface area contributed by atoms with E-state index in [2.05, 4.69) is 15.3 Å². The third-order valence-electron chi connectivity index (χ3n) is 1.77. The van der Waals surface area contributed by atoms with Crippen molar-refractivity contribution in [3.05, 3.63) is 17.8 Å². The first kappa shape index (κ1) is 11.6. The number of aromatic nitrogens is 1. The molecular weight excluding hydrogens is 192 g/mol. The van der Waals surface area contributed by atoms with E-state index in [9.17, 15) is 0 Å². The fourth-order valence-corrected chi connectivity index (χ4v) is 1.16. The van der Waals surface area contributed by atoms with E-state index in [1.165, 1.54) is 0 Å². The van der Waals surface area contributed by atoms with Gasteiger partial charge in [0.2, 0.25) is 5.89 Å². The van der Waals surface area contributed by atoms with E-state index in [0.29, 0.717) is 11.9 Å². The summed E-state index contributed by atoms with van der Waals surface area (Å²) in [5.74, 6) is 1.77. The SMILES string of the molecule is Cc1cnc(C(C)N=C(N)NC(C)C)o1. The van der Waals surface area contributed by atoms with Crippen LogP contribution in [-0.4, -0.2) is 17.0 Å². The molecule has 1 rings (SSSR count). The minimum Gasteiger partial charge on any atom is -0.444 e. The van der Waals surface area contributed by atoms with Gasteiger partial charge in [0.05, 0.1) is 6.20 Å². The number of rotatable bonds is 3. The molecule has 3 N–H and O–H groups in total. The van der Waals surface area contributed by atoms with E-state index in [1.54, 1.807) is 6.20 Å². The Kier molecular flexibility index (Phi) is 3.71. The molecule has 0 spiro atoms. The highest BCUT2D eigenvalue weighted by Crippen LogP contribution is 2.15. The summed E-state index contributed by atoms with van der Waals surface area (Å²) in [4.78, 5) is 8.32. The summed E-state index contributed by atoms with van der Waals surface area (Å²) >= 11 is 0. The van der Waals surface area contributed by atoms with Crippen LogP contribution in [0.15, 0.2) is 15.6 Å². The lowest BCUT2D eigenvalue weighted by atomic mass is 10.3. The molecule has 1 unspecified atom stereocenters. The molecule has 0 amide bonds. The number of aryl methyl sites for hydroxylation is 1. The summed E-state index contributed by atoms with van der Waals surface area (Å²) in [6.07, 6.45) is 1.67. The first-order chi connectivity index (χ1) is 6.99. The second-order valence-corrected chi connectivity index (χ2v) is 3.80. The van der Waals surface area contributed by atoms with Crippen molar-refractivity contribution in [2.45, 2.75) is 39.8 Å². The molecule has 0 radical (unpaired) electrons. The number of nitrogens with zero attached hydrogens (tertiary/aromatic N) is 2. The lowest BCUT2D eigenvalue weighted by Crippen LogP contribution is -2.36. The van der Waals surface area contributed by atoms with Crippen LogP contribution in [0.3, 0.4) is 0 Å². The van der Waals surface area contributed by atoms with Gasteiger partial charge in [0, 0.05) is 6.04 Å². The van der Waals surface area contributed by atoms with Crippen LogP contribution in [0.2, 0.25) is 0 Å². The van der Waals surface area contributed by atoms with Crippen LogP contribution in [0.4, 0.5) is 0 Å². The summed E-state index contributed by atoms with van der Waals surface area (Å²) in [6.45, 7) is 7.74. The van der Waals surface area contributed by atoms with Crippen LogP contribution in [0, 0.1) is 6.92 Å². The van der Waals surface area contributed by atoms with Gasteiger partial charge in [-0.1, -0.05) is 0 Å². The predicted octanol–water partition coefficient (Wildman–Crippen LogP) is 1.36. The second kappa shape index (κ2) is 4.82. The maximum absolute atomic E-state index is 5.69. The van der Waals surface area contributed by atoms with Crippen LogP contribution in [0.25, 0.3) is 0 Å². The van der Waals surface area contributed by atoms with Crippen molar-refractivity contribution in [3.63, 3.8) is 0 Å². The maximum Gasteiger partial charge on any atom is 0.219 e. The average Bonchev–Trinajstić information content (AvgIpc) is 2.49. The Bertz CT molecular complexity index is 343. The zero-order chi connectivity index (χ0) is 11.4. The lowest BCUT2D eigenvalue weighted by molar-refractivity contribution is 0.444. The van der Waals surface area contributed by atoms with Crippen LogP contribution < -0.4 is 11.1 Å².